The summed E-state index contributed by atoms with van der Waals surface area (Å²) in [6, 6.07) is 13.8. The van der Waals surface area contributed by atoms with Crippen molar-refractivity contribution in [1.82, 2.24) is 0 Å². The van der Waals surface area contributed by atoms with Gasteiger partial charge >= 0.3 is 0 Å². The van der Waals surface area contributed by atoms with Crippen molar-refractivity contribution in [3.8, 4) is 0 Å². The molecule has 2 aromatic carbocycles. The van der Waals surface area contributed by atoms with Crippen LogP contribution in [0.4, 0.5) is 0 Å². The lowest BCUT2D eigenvalue weighted by atomic mass is 10.0. The van der Waals surface area contributed by atoms with Crippen molar-refractivity contribution in [2.24, 2.45) is 0 Å². The fourth-order valence-corrected chi connectivity index (χ4v) is 3.18. The zero-order valence-corrected chi connectivity index (χ0v) is 12.0. The van der Waals surface area contributed by atoms with Gasteiger partial charge in [0.25, 0.3) is 0 Å². The quantitative estimate of drug-likeness (QED) is 0.647. The highest BCUT2D eigenvalue weighted by atomic mass is 16.3. The van der Waals surface area contributed by atoms with Crippen LogP contribution in [-0.2, 0) is 12.8 Å². The lowest BCUT2D eigenvalue weighted by molar-refractivity contribution is 0.101. The Bertz CT molecular complexity index is 855. The average Bonchev–Trinajstić information content (AvgIpc) is 3.12. The van der Waals surface area contributed by atoms with Gasteiger partial charge in [0.15, 0.2) is 5.76 Å². The van der Waals surface area contributed by atoms with Crippen LogP contribution in [0, 0.1) is 6.92 Å². The molecule has 0 spiro atoms. The van der Waals surface area contributed by atoms with Gasteiger partial charge in [0.1, 0.15) is 5.58 Å². The standard InChI is InChI=1S/C19H16O2/c1-12-4-2-7-16-11-17(21-19(12)16)18(20)15-9-8-13-5-3-6-14(13)10-15/h2,4,7-11H,3,5-6H2,1H3. The van der Waals surface area contributed by atoms with E-state index in [1.807, 2.05) is 43.3 Å². The first-order valence-corrected chi connectivity index (χ1v) is 7.38. The highest BCUT2D eigenvalue weighted by molar-refractivity contribution is 6.09. The molecule has 0 saturated carbocycles. The lowest BCUT2D eigenvalue weighted by Gasteiger charge is -2.02. The summed E-state index contributed by atoms with van der Waals surface area (Å²) in [5, 5.41) is 0.986. The largest absolute Gasteiger partial charge is 0.452 e. The number of furan rings is 1. The first-order chi connectivity index (χ1) is 10.2. The van der Waals surface area contributed by atoms with Crippen molar-refractivity contribution in [2.75, 3.05) is 0 Å². The maximum Gasteiger partial charge on any atom is 0.228 e. The zero-order valence-electron chi connectivity index (χ0n) is 12.0. The molecule has 0 fully saturated rings. The number of carbonyl (C=O) groups excluding carboxylic acids is 1. The van der Waals surface area contributed by atoms with Gasteiger partial charge in [-0.15, -0.1) is 0 Å². The van der Waals surface area contributed by atoms with Crippen LogP contribution in [0.15, 0.2) is 46.9 Å². The van der Waals surface area contributed by atoms with Crippen LogP contribution < -0.4 is 0 Å². The van der Waals surface area contributed by atoms with E-state index < -0.39 is 0 Å². The van der Waals surface area contributed by atoms with Crippen LogP contribution in [0.25, 0.3) is 11.0 Å². The van der Waals surface area contributed by atoms with Gasteiger partial charge in [-0.25, -0.2) is 0 Å². The molecule has 3 aromatic rings. The van der Waals surface area contributed by atoms with Crippen molar-refractivity contribution >= 4 is 16.8 Å². The molecular weight excluding hydrogens is 260 g/mol. The molecule has 1 aliphatic rings. The van der Waals surface area contributed by atoms with Gasteiger partial charge in [0.2, 0.25) is 5.78 Å². The number of para-hydroxylation sites is 1. The molecule has 1 heterocycles. The SMILES string of the molecule is Cc1cccc2cc(C(=O)c3ccc4c(c3)CCC4)oc12. The van der Waals surface area contributed by atoms with E-state index in [1.54, 1.807) is 0 Å². The summed E-state index contributed by atoms with van der Waals surface area (Å²) in [6.45, 7) is 2.00. The normalized spacial score (nSPS) is 13.6. The molecule has 4 rings (SSSR count). The molecule has 0 amide bonds. The van der Waals surface area contributed by atoms with Crippen molar-refractivity contribution in [3.63, 3.8) is 0 Å². The van der Waals surface area contributed by atoms with Crippen LogP contribution in [0.1, 0.15) is 39.2 Å². The molecule has 1 aliphatic carbocycles. The van der Waals surface area contributed by atoms with Gasteiger partial charge in [-0.1, -0.05) is 30.3 Å². The van der Waals surface area contributed by atoms with Crippen molar-refractivity contribution in [2.45, 2.75) is 26.2 Å². The van der Waals surface area contributed by atoms with E-state index >= 15 is 0 Å². The van der Waals surface area contributed by atoms with E-state index in [0.717, 1.165) is 34.9 Å². The predicted octanol–water partition coefficient (Wildman–Crippen LogP) is 4.46. The zero-order chi connectivity index (χ0) is 14.4. The van der Waals surface area contributed by atoms with Gasteiger partial charge < -0.3 is 4.42 Å². The van der Waals surface area contributed by atoms with Gasteiger partial charge in [-0.05, 0) is 55.0 Å². The van der Waals surface area contributed by atoms with Gasteiger partial charge in [0.05, 0.1) is 0 Å². The van der Waals surface area contributed by atoms with E-state index in [4.69, 9.17) is 4.42 Å². The topological polar surface area (TPSA) is 30.2 Å². The molecule has 2 heteroatoms. The van der Waals surface area contributed by atoms with Crippen LogP contribution in [-0.4, -0.2) is 5.78 Å². The Kier molecular flexibility index (Phi) is 2.71. The molecule has 0 radical (unpaired) electrons. The number of ketones is 1. The molecule has 104 valence electrons. The Hall–Kier alpha value is -2.35. The third-order valence-corrected chi connectivity index (χ3v) is 4.33. The Morgan fingerprint density at radius 2 is 1.90 bits per heavy atom. The molecule has 0 aliphatic heterocycles. The number of hydrogen-bond donors (Lipinski definition) is 0. The summed E-state index contributed by atoms with van der Waals surface area (Å²) in [7, 11) is 0. The first kappa shape index (κ1) is 12.4. The average molecular weight is 276 g/mol. The molecule has 0 atom stereocenters. The molecule has 1 aromatic heterocycles. The monoisotopic (exact) mass is 276 g/mol. The molecule has 21 heavy (non-hydrogen) atoms. The highest BCUT2D eigenvalue weighted by Crippen LogP contribution is 2.27. The van der Waals surface area contributed by atoms with E-state index in [2.05, 4.69) is 6.07 Å². The van der Waals surface area contributed by atoms with Crippen molar-refractivity contribution in [1.29, 1.82) is 0 Å². The predicted molar refractivity (Wildman–Crippen MR) is 82.9 cm³/mol. The van der Waals surface area contributed by atoms with Gasteiger partial charge in [-0.2, -0.15) is 0 Å². The fourth-order valence-electron chi connectivity index (χ4n) is 3.18. The number of fused-ring (bicyclic) bond motifs is 2. The minimum Gasteiger partial charge on any atom is -0.452 e. The van der Waals surface area contributed by atoms with Gasteiger partial charge in [-0.3, -0.25) is 4.79 Å². The maximum atomic E-state index is 12.6. The Morgan fingerprint density at radius 3 is 2.76 bits per heavy atom. The van der Waals surface area contributed by atoms with Crippen LogP contribution in [0.2, 0.25) is 0 Å². The number of carbonyl (C=O) groups is 1. The smallest absolute Gasteiger partial charge is 0.228 e. The number of rotatable bonds is 2. The Labute approximate surface area is 123 Å². The van der Waals surface area contributed by atoms with E-state index in [9.17, 15) is 4.79 Å². The van der Waals surface area contributed by atoms with E-state index in [-0.39, 0.29) is 5.78 Å². The molecule has 0 bridgehead atoms. The highest BCUT2D eigenvalue weighted by Gasteiger charge is 2.18. The molecule has 0 N–H and O–H groups in total. The van der Waals surface area contributed by atoms with E-state index in [0.29, 0.717) is 5.76 Å². The van der Waals surface area contributed by atoms with Crippen LogP contribution >= 0.6 is 0 Å². The minimum atomic E-state index is -0.0275. The van der Waals surface area contributed by atoms with Gasteiger partial charge in [0, 0.05) is 10.9 Å². The molecule has 2 nitrogen and oxygen atoms in total. The number of aryl methyl sites for hydroxylation is 3. The number of benzene rings is 2. The summed E-state index contributed by atoms with van der Waals surface area (Å²) in [5.74, 6) is 0.401. The Balaban J connectivity index is 1.77. The summed E-state index contributed by atoms with van der Waals surface area (Å²) < 4.78 is 5.78. The third kappa shape index (κ3) is 1.99. The first-order valence-electron chi connectivity index (χ1n) is 7.38. The van der Waals surface area contributed by atoms with Crippen LogP contribution in [0.3, 0.4) is 0 Å². The maximum absolute atomic E-state index is 12.6. The second kappa shape index (κ2) is 4.59. The van der Waals surface area contributed by atoms with E-state index in [1.165, 1.54) is 17.5 Å². The summed E-state index contributed by atoms with van der Waals surface area (Å²) >= 11 is 0. The van der Waals surface area contributed by atoms with Crippen LogP contribution in [0.5, 0.6) is 0 Å². The van der Waals surface area contributed by atoms with Crippen molar-refractivity contribution in [3.05, 3.63) is 70.5 Å². The Morgan fingerprint density at radius 1 is 1.05 bits per heavy atom. The minimum absolute atomic E-state index is 0.0275. The summed E-state index contributed by atoms with van der Waals surface area (Å²) in [5.41, 5.74) is 5.29. The second-order valence-electron chi connectivity index (χ2n) is 5.77. The fraction of sp³-hybridized carbons (Fsp3) is 0.211. The molecule has 0 saturated heterocycles. The molecular formula is C19H16O2. The summed E-state index contributed by atoms with van der Waals surface area (Å²) in [6.07, 6.45) is 3.40. The number of hydrogen-bond acceptors (Lipinski definition) is 2. The lowest BCUT2D eigenvalue weighted by Crippen LogP contribution is -2.00. The summed E-state index contributed by atoms with van der Waals surface area (Å²) in [4.78, 5) is 12.6. The molecule has 0 unspecified atom stereocenters. The van der Waals surface area contributed by atoms with Crippen molar-refractivity contribution < 1.29 is 9.21 Å². The third-order valence-electron chi connectivity index (χ3n) is 4.33. The second-order valence-corrected chi connectivity index (χ2v) is 5.77.